The van der Waals surface area contributed by atoms with Gasteiger partial charge in [-0.3, -0.25) is 0 Å². The summed E-state index contributed by atoms with van der Waals surface area (Å²) in [6.45, 7) is 0.615. The first-order chi connectivity index (χ1) is 2.43. The van der Waals surface area contributed by atoms with Gasteiger partial charge in [-0.15, -0.1) is 4.91 Å². The van der Waals surface area contributed by atoms with E-state index < -0.39 is 0 Å². The summed E-state index contributed by atoms with van der Waals surface area (Å²) in [5, 5.41) is 3.67. The van der Waals surface area contributed by atoms with Crippen LogP contribution in [0.1, 0.15) is 0 Å². The number of hydrogen-bond donors (Lipinski definition) is 1. The summed E-state index contributed by atoms with van der Waals surface area (Å²) in [7, 11) is 0. The van der Waals surface area contributed by atoms with Gasteiger partial charge in [0.2, 0.25) is 0 Å². The number of nitroso groups, excluding NO2 is 1. The Hall–Kier alpha value is -0.640. The Balaban J connectivity index is 2.21. The Morgan fingerprint density at radius 3 is 2.60 bits per heavy atom. The Bertz CT molecular complexity index is 48.9. The van der Waals surface area contributed by atoms with E-state index in [1.54, 1.807) is 0 Å². The van der Waals surface area contributed by atoms with Crippen LogP contribution in [0.15, 0.2) is 5.29 Å². The van der Waals surface area contributed by atoms with Crippen LogP contribution in [-0.4, -0.2) is 11.8 Å². The number of hydrogen-bond acceptors (Lipinski definition) is 3. The maximum Gasteiger partial charge on any atom is 0.125 e. The SMILES string of the molecule is O=NN1CN1. The Morgan fingerprint density at radius 2 is 2.60 bits per heavy atom. The van der Waals surface area contributed by atoms with Gasteiger partial charge in [-0.25, -0.2) is 0 Å². The Labute approximate surface area is 28.7 Å². The molecule has 1 aliphatic heterocycles. The van der Waals surface area contributed by atoms with Crippen molar-refractivity contribution in [3.63, 3.8) is 0 Å². The Morgan fingerprint density at radius 1 is 2.00 bits per heavy atom. The van der Waals surface area contributed by atoms with Gasteiger partial charge < -0.3 is 0 Å². The van der Waals surface area contributed by atoms with E-state index in [9.17, 15) is 4.91 Å². The summed E-state index contributed by atoms with van der Waals surface area (Å²) in [5.41, 5.74) is 2.54. The minimum atomic E-state index is 0.615. The maximum absolute atomic E-state index is 9.18. The van der Waals surface area contributed by atoms with Crippen LogP contribution in [0.2, 0.25) is 0 Å². The van der Waals surface area contributed by atoms with E-state index in [1.165, 1.54) is 5.12 Å². The fraction of sp³-hybridized carbons (Fsp3) is 1.00. The van der Waals surface area contributed by atoms with Crippen molar-refractivity contribution >= 4 is 0 Å². The Kier molecular flexibility index (Phi) is 0.337. The average molecular weight is 73.1 g/mol. The van der Waals surface area contributed by atoms with Gasteiger partial charge in [0.05, 0.1) is 5.29 Å². The van der Waals surface area contributed by atoms with Crippen molar-refractivity contribution in [2.75, 3.05) is 6.67 Å². The van der Waals surface area contributed by atoms with E-state index in [0.717, 1.165) is 0 Å². The van der Waals surface area contributed by atoms with Gasteiger partial charge in [0.15, 0.2) is 0 Å². The van der Waals surface area contributed by atoms with Crippen LogP contribution in [0.5, 0.6) is 0 Å². The lowest BCUT2D eigenvalue weighted by Crippen LogP contribution is -1.81. The predicted molar refractivity (Wildman–Crippen MR) is 15.6 cm³/mol. The molecule has 0 aromatic rings. The molecule has 1 aliphatic rings. The highest BCUT2D eigenvalue weighted by Gasteiger charge is 2.12. The molecule has 0 aliphatic carbocycles. The zero-order valence-electron chi connectivity index (χ0n) is 2.51. The molecule has 0 amide bonds. The summed E-state index contributed by atoms with van der Waals surface area (Å²) in [6, 6.07) is 0. The number of hydrazine groups is 1. The van der Waals surface area contributed by atoms with Crippen LogP contribution < -0.4 is 5.43 Å². The maximum atomic E-state index is 9.18. The van der Waals surface area contributed by atoms with E-state index in [1.807, 2.05) is 0 Å². The zero-order valence-corrected chi connectivity index (χ0v) is 2.51. The van der Waals surface area contributed by atoms with Crippen molar-refractivity contribution in [3.8, 4) is 0 Å². The molecular weight excluding hydrogens is 70.0 g/mol. The third-order valence-corrected chi connectivity index (χ3v) is 0.398. The average Bonchev–Trinajstić information content (AvgIpc) is 2.12. The third kappa shape index (κ3) is 0.327. The van der Waals surface area contributed by atoms with E-state index in [-0.39, 0.29) is 0 Å². The molecule has 1 rings (SSSR count). The highest BCUT2D eigenvalue weighted by molar-refractivity contribution is 4.48. The van der Waals surface area contributed by atoms with Gasteiger partial charge in [0.25, 0.3) is 0 Å². The fourth-order valence-corrected chi connectivity index (χ4v) is 0.0894. The quantitative estimate of drug-likeness (QED) is 0.334. The molecule has 4 heteroatoms. The molecule has 5 heavy (non-hydrogen) atoms. The molecule has 0 radical (unpaired) electrons. The van der Waals surface area contributed by atoms with Crippen molar-refractivity contribution in [1.82, 2.24) is 10.5 Å². The third-order valence-electron chi connectivity index (χ3n) is 0.398. The lowest BCUT2D eigenvalue weighted by atomic mass is 11.4. The molecular formula is CH3N3O. The van der Waals surface area contributed by atoms with E-state index in [4.69, 9.17) is 0 Å². The van der Waals surface area contributed by atoms with E-state index in [2.05, 4.69) is 10.7 Å². The van der Waals surface area contributed by atoms with Crippen LogP contribution in [0.4, 0.5) is 0 Å². The molecule has 4 nitrogen and oxygen atoms in total. The minimum Gasteiger partial charge on any atom is -0.191 e. The summed E-state index contributed by atoms with van der Waals surface area (Å²) in [5.74, 6) is 0. The molecule has 28 valence electrons. The molecule has 0 atom stereocenters. The molecule has 0 aromatic carbocycles. The van der Waals surface area contributed by atoms with E-state index in [0.29, 0.717) is 6.67 Å². The van der Waals surface area contributed by atoms with Crippen molar-refractivity contribution < 1.29 is 0 Å². The van der Waals surface area contributed by atoms with Gasteiger partial charge in [-0.2, -0.15) is 10.5 Å². The molecule has 0 saturated carbocycles. The van der Waals surface area contributed by atoms with Crippen molar-refractivity contribution in [2.24, 2.45) is 5.29 Å². The molecule has 1 N–H and O–H groups in total. The van der Waals surface area contributed by atoms with Crippen molar-refractivity contribution in [2.45, 2.75) is 0 Å². The summed E-state index contributed by atoms with van der Waals surface area (Å²) >= 11 is 0. The fourth-order valence-electron chi connectivity index (χ4n) is 0.0894. The van der Waals surface area contributed by atoms with Crippen LogP contribution in [0, 0.1) is 4.91 Å². The van der Waals surface area contributed by atoms with Gasteiger partial charge in [-0.05, 0) is 0 Å². The monoisotopic (exact) mass is 73.0 g/mol. The molecule has 0 unspecified atom stereocenters. The van der Waals surface area contributed by atoms with Crippen molar-refractivity contribution in [1.29, 1.82) is 0 Å². The standard InChI is InChI=1S/CH3N3O/c5-3-4-1-2-4/h2H,1H2. The molecule has 1 fully saturated rings. The second kappa shape index (κ2) is 0.651. The van der Waals surface area contributed by atoms with E-state index >= 15 is 0 Å². The normalized spacial score (nSPS) is 18.8. The second-order valence-corrected chi connectivity index (χ2v) is 0.797. The molecule has 1 saturated heterocycles. The van der Waals surface area contributed by atoms with Crippen LogP contribution in [0.3, 0.4) is 0 Å². The van der Waals surface area contributed by atoms with Crippen LogP contribution in [-0.2, 0) is 0 Å². The topological polar surface area (TPSA) is 54.4 Å². The molecule has 1 heterocycles. The van der Waals surface area contributed by atoms with Gasteiger partial charge >= 0.3 is 0 Å². The summed E-state index contributed by atoms with van der Waals surface area (Å²) in [6.07, 6.45) is 0. The molecule has 0 spiro atoms. The van der Waals surface area contributed by atoms with Crippen LogP contribution >= 0.6 is 0 Å². The number of nitrogens with zero attached hydrogens (tertiary/aromatic N) is 2. The molecule has 0 bridgehead atoms. The second-order valence-electron chi connectivity index (χ2n) is 0.797. The minimum absolute atomic E-state index is 0.615. The number of rotatable bonds is 1. The van der Waals surface area contributed by atoms with Gasteiger partial charge in [0, 0.05) is 0 Å². The summed E-state index contributed by atoms with van der Waals surface area (Å²) < 4.78 is 0. The van der Waals surface area contributed by atoms with Gasteiger partial charge in [-0.1, -0.05) is 0 Å². The van der Waals surface area contributed by atoms with Crippen molar-refractivity contribution in [3.05, 3.63) is 4.91 Å². The zero-order chi connectivity index (χ0) is 3.70. The highest BCUT2D eigenvalue weighted by atomic mass is 16.3. The summed E-state index contributed by atoms with van der Waals surface area (Å²) in [4.78, 5) is 9.18. The predicted octanol–water partition coefficient (Wildman–Crippen LogP) is -0.554. The first-order valence-electron chi connectivity index (χ1n) is 1.28. The largest absolute Gasteiger partial charge is 0.191 e. The lowest BCUT2D eigenvalue weighted by Gasteiger charge is -1.66. The molecule has 0 aromatic heterocycles. The number of nitrogens with one attached hydrogen (secondary N) is 1. The lowest BCUT2D eigenvalue weighted by molar-refractivity contribution is 0.546. The van der Waals surface area contributed by atoms with Gasteiger partial charge in [0.1, 0.15) is 6.67 Å². The van der Waals surface area contributed by atoms with Crippen LogP contribution in [0.25, 0.3) is 0 Å². The first-order valence-corrected chi connectivity index (χ1v) is 1.28. The highest BCUT2D eigenvalue weighted by Crippen LogP contribution is 1.89. The first kappa shape index (κ1) is 2.59. The smallest absolute Gasteiger partial charge is 0.125 e.